The number of pyridine rings is 1. The molecule has 2 rings (SSSR count). The summed E-state index contributed by atoms with van der Waals surface area (Å²) in [6, 6.07) is 14.3. The molecule has 0 unspecified atom stereocenters. The Labute approximate surface area is 120 Å². The highest BCUT2D eigenvalue weighted by atomic mass is 16.3. The van der Waals surface area contributed by atoms with Gasteiger partial charge in [-0.25, -0.2) is 0 Å². The fraction of sp³-hybridized carbons (Fsp3) is 0.353. The van der Waals surface area contributed by atoms with Crippen LogP contribution in [-0.4, -0.2) is 34.2 Å². The largest absolute Gasteiger partial charge is 0.389 e. The SMILES string of the molecule is CN(Cc1cccc(-c2ccccn2)c1)CC(C)(C)O. The maximum atomic E-state index is 9.85. The lowest BCUT2D eigenvalue weighted by molar-refractivity contribution is 0.0425. The van der Waals surface area contributed by atoms with Gasteiger partial charge in [-0.3, -0.25) is 9.88 Å². The number of hydrogen-bond donors (Lipinski definition) is 1. The average Bonchev–Trinajstić information content (AvgIpc) is 2.38. The molecule has 3 heteroatoms. The number of nitrogens with zero attached hydrogens (tertiary/aromatic N) is 2. The molecule has 1 N–H and O–H groups in total. The number of aliphatic hydroxyl groups is 1. The van der Waals surface area contributed by atoms with Crippen LogP contribution in [0.25, 0.3) is 11.3 Å². The zero-order chi connectivity index (χ0) is 14.6. The maximum absolute atomic E-state index is 9.85. The standard InChI is InChI=1S/C17H22N2O/c1-17(2,20)13-19(3)12-14-7-6-8-15(11-14)16-9-4-5-10-18-16/h4-11,20H,12-13H2,1-3H3. The summed E-state index contributed by atoms with van der Waals surface area (Å²) in [4.78, 5) is 6.50. The average molecular weight is 270 g/mol. The fourth-order valence-electron chi connectivity index (χ4n) is 2.39. The molecule has 0 spiro atoms. The molecule has 2 aromatic rings. The predicted octanol–water partition coefficient (Wildman–Crippen LogP) is 2.95. The van der Waals surface area contributed by atoms with Gasteiger partial charge in [0.15, 0.2) is 0 Å². The van der Waals surface area contributed by atoms with Crippen molar-refractivity contribution in [3.05, 3.63) is 54.2 Å². The lowest BCUT2D eigenvalue weighted by atomic mass is 10.1. The number of likely N-dealkylation sites (N-methyl/N-ethyl adjacent to an activating group) is 1. The van der Waals surface area contributed by atoms with Crippen LogP contribution in [0.5, 0.6) is 0 Å². The maximum Gasteiger partial charge on any atom is 0.0718 e. The van der Waals surface area contributed by atoms with Crippen molar-refractivity contribution < 1.29 is 5.11 Å². The normalized spacial score (nSPS) is 11.8. The van der Waals surface area contributed by atoms with Crippen LogP contribution in [0.4, 0.5) is 0 Å². The summed E-state index contributed by atoms with van der Waals surface area (Å²) in [5.41, 5.74) is 2.66. The van der Waals surface area contributed by atoms with Gasteiger partial charge in [-0.1, -0.05) is 24.3 Å². The van der Waals surface area contributed by atoms with E-state index in [4.69, 9.17) is 0 Å². The molecule has 20 heavy (non-hydrogen) atoms. The Morgan fingerprint density at radius 1 is 1.15 bits per heavy atom. The molecule has 0 saturated heterocycles. The van der Waals surface area contributed by atoms with Gasteiger partial charge in [0.25, 0.3) is 0 Å². The molecule has 0 saturated carbocycles. The fourth-order valence-corrected chi connectivity index (χ4v) is 2.39. The van der Waals surface area contributed by atoms with E-state index < -0.39 is 5.60 Å². The number of rotatable bonds is 5. The van der Waals surface area contributed by atoms with Crippen LogP contribution in [0.1, 0.15) is 19.4 Å². The van der Waals surface area contributed by atoms with Crippen LogP contribution in [-0.2, 0) is 6.54 Å². The van der Waals surface area contributed by atoms with E-state index in [-0.39, 0.29) is 0 Å². The van der Waals surface area contributed by atoms with Crippen molar-refractivity contribution in [2.45, 2.75) is 26.0 Å². The van der Waals surface area contributed by atoms with Crippen molar-refractivity contribution >= 4 is 0 Å². The van der Waals surface area contributed by atoms with E-state index in [1.54, 1.807) is 0 Å². The summed E-state index contributed by atoms with van der Waals surface area (Å²) in [5.74, 6) is 0. The topological polar surface area (TPSA) is 36.4 Å². The molecule has 0 fully saturated rings. The van der Waals surface area contributed by atoms with E-state index >= 15 is 0 Å². The van der Waals surface area contributed by atoms with Crippen LogP contribution in [0, 0.1) is 0 Å². The molecule has 1 aromatic heterocycles. The zero-order valence-electron chi connectivity index (χ0n) is 12.4. The van der Waals surface area contributed by atoms with Gasteiger partial charge >= 0.3 is 0 Å². The zero-order valence-corrected chi connectivity index (χ0v) is 12.4. The van der Waals surface area contributed by atoms with Gasteiger partial charge in [-0.05, 0) is 44.7 Å². The molecule has 0 bridgehead atoms. The summed E-state index contributed by atoms with van der Waals surface area (Å²) >= 11 is 0. The molecular formula is C17H22N2O. The second kappa shape index (κ2) is 6.16. The molecule has 0 atom stereocenters. The van der Waals surface area contributed by atoms with Gasteiger partial charge in [0, 0.05) is 24.8 Å². The Kier molecular flexibility index (Phi) is 4.53. The minimum absolute atomic E-state index is 0.640. The first kappa shape index (κ1) is 14.7. The van der Waals surface area contributed by atoms with Crippen LogP contribution in [0.3, 0.4) is 0 Å². The summed E-state index contributed by atoms with van der Waals surface area (Å²) in [7, 11) is 2.02. The Morgan fingerprint density at radius 3 is 2.60 bits per heavy atom. The van der Waals surface area contributed by atoms with Gasteiger partial charge in [0.05, 0.1) is 11.3 Å². The molecular weight excluding hydrogens is 248 g/mol. The van der Waals surface area contributed by atoms with E-state index in [0.29, 0.717) is 6.54 Å². The molecule has 0 amide bonds. The molecule has 1 heterocycles. The first-order valence-corrected chi connectivity index (χ1v) is 6.85. The highest BCUT2D eigenvalue weighted by Crippen LogP contribution is 2.18. The molecule has 0 aliphatic carbocycles. The third-order valence-corrected chi connectivity index (χ3v) is 3.00. The van der Waals surface area contributed by atoms with Crippen LogP contribution < -0.4 is 0 Å². The van der Waals surface area contributed by atoms with E-state index in [1.165, 1.54) is 5.56 Å². The van der Waals surface area contributed by atoms with Gasteiger partial charge < -0.3 is 5.11 Å². The van der Waals surface area contributed by atoms with Crippen molar-refractivity contribution in [3.8, 4) is 11.3 Å². The molecule has 3 nitrogen and oxygen atoms in total. The van der Waals surface area contributed by atoms with E-state index in [1.807, 2.05) is 45.3 Å². The van der Waals surface area contributed by atoms with Crippen LogP contribution >= 0.6 is 0 Å². The van der Waals surface area contributed by atoms with E-state index in [9.17, 15) is 5.11 Å². The summed E-state index contributed by atoms with van der Waals surface area (Å²) in [6.07, 6.45) is 1.81. The van der Waals surface area contributed by atoms with Crippen molar-refractivity contribution in [1.29, 1.82) is 0 Å². The Morgan fingerprint density at radius 2 is 1.95 bits per heavy atom. The van der Waals surface area contributed by atoms with Gasteiger partial charge in [-0.15, -0.1) is 0 Å². The molecule has 0 radical (unpaired) electrons. The Hall–Kier alpha value is -1.71. The quantitative estimate of drug-likeness (QED) is 0.907. The lowest BCUT2D eigenvalue weighted by Gasteiger charge is -2.25. The Balaban J connectivity index is 2.11. The third-order valence-electron chi connectivity index (χ3n) is 3.00. The van der Waals surface area contributed by atoms with Crippen LogP contribution in [0.15, 0.2) is 48.7 Å². The smallest absolute Gasteiger partial charge is 0.0718 e. The van der Waals surface area contributed by atoms with Gasteiger partial charge in [0.2, 0.25) is 0 Å². The molecule has 0 aliphatic heterocycles. The second-order valence-electron chi connectivity index (χ2n) is 5.90. The van der Waals surface area contributed by atoms with Gasteiger partial charge in [0.1, 0.15) is 0 Å². The number of hydrogen-bond acceptors (Lipinski definition) is 3. The highest BCUT2D eigenvalue weighted by Gasteiger charge is 2.15. The number of aromatic nitrogens is 1. The minimum atomic E-state index is -0.673. The van der Waals surface area contributed by atoms with E-state index in [0.717, 1.165) is 17.8 Å². The molecule has 1 aromatic carbocycles. The van der Waals surface area contributed by atoms with Crippen molar-refractivity contribution in [3.63, 3.8) is 0 Å². The third kappa shape index (κ3) is 4.44. The van der Waals surface area contributed by atoms with Crippen molar-refractivity contribution in [2.24, 2.45) is 0 Å². The Bertz CT molecular complexity index is 546. The highest BCUT2D eigenvalue weighted by molar-refractivity contribution is 5.59. The van der Waals surface area contributed by atoms with Crippen molar-refractivity contribution in [2.75, 3.05) is 13.6 Å². The molecule has 106 valence electrons. The predicted molar refractivity (Wildman–Crippen MR) is 82.3 cm³/mol. The summed E-state index contributed by atoms with van der Waals surface area (Å²) < 4.78 is 0. The van der Waals surface area contributed by atoms with E-state index in [2.05, 4.69) is 34.1 Å². The summed E-state index contributed by atoms with van der Waals surface area (Å²) in [6.45, 7) is 5.10. The van der Waals surface area contributed by atoms with Crippen LogP contribution in [0.2, 0.25) is 0 Å². The minimum Gasteiger partial charge on any atom is -0.389 e. The first-order chi connectivity index (χ1) is 9.44. The first-order valence-electron chi connectivity index (χ1n) is 6.85. The number of benzene rings is 1. The lowest BCUT2D eigenvalue weighted by Crippen LogP contribution is -2.35. The molecule has 0 aliphatic rings. The monoisotopic (exact) mass is 270 g/mol. The van der Waals surface area contributed by atoms with Gasteiger partial charge in [-0.2, -0.15) is 0 Å². The van der Waals surface area contributed by atoms with Crippen molar-refractivity contribution in [1.82, 2.24) is 9.88 Å². The summed E-state index contributed by atoms with van der Waals surface area (Å²) in [5, 5.41) is 9.85. The second-order valence-corrected chi connectivity index (χ2v) is 5.90.